The standard InChI is InChI=1S/C11H19N3O2/c1-3-16-11(15)5-4-6-12-7-10-9(2)13-8-14-10/h8,12H,3-7H2,1-2H3,(H,13,14). The molecule has 1 aromatic rings. The van der Waals surface area contributed by atoms with E-state index in [0.717, 1.165) is 30.9 Å². The van der Waals surface area contributed by atoms with Crippen LogP contribution in [0.5, 0.6) is 0 Å². The maximum atomic E-state index is 11.0. The smallest absolute Gasteiger partial charge is 0.305 e. The summed E-state index contributed by atoms with van der Waals surface area (Å²) in [4.78, 5) is 18.2. The number of H-pyrrole nitrogens is 1. The molecule has 0 saturated heterocycles. The van der Waals surface area contributed by atoms with E-state index in [1.165, 1.54) is 0 Å². The SMILES string of the molecule is CCOC(=O)CCCNCc1nc[nH]c1C. The van der Waals surface area contributed by atoms with E-state index in [-0.39, 0.29) is 5.97 Å². The van der Waals surface area contributed by atoms with Crippen LogP contribution in [0.2, 0.25) is 0 Å². The number of aryl methyl sites for hydroxylation is 1. The molecule has 0 fully saturated rings. The van der Waals surface area contributed by atoms with E-state index >= 15 is 0 Å². The highest BCUT2D eigenvalue weighted by atomic mass is 16.5. The highest BCUT2D eigenvalue weighted by molar-refractivity contribution is 5.69. The zero-order valence-corrected chi connectivity index (χ0v) is 9.88. The molecule has 5 heteroatoms. The molecule has 0 amide bonds. The van der Waals surface area contributed by atoms with Gasteiger partial charge < -0.3 is 15.0 Å². The minimum Gasteiger partial charge on any atom is -0.466 e. The van der Waals surface area contributed by atoms with Gasteiger partial charge in [-0.15, -0.1) is 0 Å². The molecule has 0 atom stereocenters. The maximum absolute atomic E-state index is 11.0. The van der Waals surface area contributed by atoms with Crippen LogP contribution in [0.15, 0.2) is 6.33 Å². The third kappa shape index (κ3) is 4.44. The number of aromatic nitrogens is 2. The van der Waals surface area contributed by atoms with Gasteiger partial charge in [-0.2, -0.15) is 0 Å². The second-order valence-corrected chi connectivity index (χ2v) is 3.56. The molecule has 0 aliphatic heterocycles. The van der Waals surface area contributed by atoms with E-state index < -0.39 is 0 Å². The number of carbonyl (C=O) groups is 1. The summed E-state index contributed by atoms with van der Waals surface area (Å²) in [5.41, 5.74) is 2.11. The fraction of sp³-hybridized carbons (Fsp3) is 0.636. The lowest BCUT2D eigenvalue weighted by Gasteiger charge is -2.03. The summed E-state index contributed by atoms with van der Waals surface area (Å²) < 4.78 is 4.83. The Labute approximate surface area is 95.6 Å². The highest BCUT2D eigenvalue weighted by Gasteiger charge is 2.02. The van der Waals surface area contributed by atoms with Crippen LogP contribution in [0.25, 0.3) is 0 Å². The average molecular weight is 225 g/mol. The van der Waals surface area contributed by atoms with E-state index in [4.69, 9.17) is 4.74 Å². The summed E-state index contributed by atoms with van der Waals surface area (Å²) in [5.74, 6) is -0.125. The van der Waals surface area contributed by atoms with E-state index in [1.54, 1.807) is 6.33 Å². The fourth-order valence-electron chi connectivity index (χ4n) is 1.36. The Morgan fingerprint density at radius 1 is 1.62 bits per heavy atom. The third-order valence-corrected chi connectivity index (χ3v) is 2.27. The van der Waals surface area contributed by atoms with Crippen molar-refractivity contribution in [3.05, 3.63) is 17.7 Å². The molecule has 0 aliphatic rings. The molecule has 5 nitrogen and oxygen atoms in total. The highest BCUT2D eigenvalue weighted by Crippen LogP contribution is 1.99. The summed E-state index contributed by atoms with van der Waals surface area (Å²) in [6.07, 6.45) is 2.95. The van der Waals surface area contributed by atoms with Crippen molar-refractivity contribution in [2.75, 3.05) is 13.2 Å². The summed E-state index contributed by atoms with van der Waals surface area (Å²) in [6, 6.07) is 0. The van der Waals surface area contributed by atoms with Crippen LogP contribution in [-0.2, 0) is 16.1 Å². The van der Waals surface area contributed by atoms with E-state index in [0.29, 0.717) is 13.0 Å². The zero-order valence-electron chi connectivity index (χ0n) is 9.88. The van der Waals surface area contributed by atoms with E-state index in [1.807, 2.05) is 13.8 Å². The van der Waals surface area contributed by atoms with Crippen LogP contribution >= 0.6 is 0 Å². The van der Waals surface area contributed by atoms with Crippen molar-refractivity contribution in [2.45, 2.75) is 33.2 Å². The van der Waals surface area contributed by atoms with Crippen LogP contribution in [0.1, 0.15) is 31.2 Å². The number of esters is 1. The molecular formula is C11H19N3O2. The minimum atomic E-state index is -0.125. The molecule has 0 spiro atoms. The van der Waals surface area contributed by atoms with Crippen molar-refractivity contribution in [1.82, 2.24) is 15.3 Å². The maximum Gasteiger partial charge on any atom is 0.305 e. The summed E-state index contributed by atoms with van der Waals surface area (Å²) in [7, 11) is 0. The number of ether oxygens (including phenoxy) is 1. The summed E-state index contributed by atoms with van der Waals surface area (Å²) >= 11 is 0. The molecule has 0 saturated carbocycles. The first-order chi connectivity index (χ1) is 7.74. The lowest BCUT2D eigenvalue weighted by Crippen LogP contribution is -2.17. The predicted octanol–water partition coefficient (Wildman–Crippen LogP) is 1.15. The number of hydrogen-bond donors (Lipinski definition) is 2. The summed E-state index contributed by atoms with van der Waals surface area (Å²) in [5, 5.41) is 3.24. The van der Waals surface area contributed by atoms with Gasteiger partial charge in [0.05, 0.1) is 18.6 Å². The van der Waals surface area contributed by atoms with Crippen LogP contribution in [0, 0.1) is 6.92 Å². The monoisotopic (exact) mass is 225 g/mol. The van der Waals surface area contributed by atoms with Crippen LogP contribution < -0.4 is 5.32 Å². The number of aromatic amines is 1. The van der Waals surface area contributed by atoms with Gasteiger partial charge in [-0.3, -0.25) is 4.79 Å². The topological polar surface area (TPSA) is 67.0 Å². The fourth-order valence-corrected chi connectivity index (χ4v) is 1.36. The van der Waals surface area contributed by atoms with Crippen molar-refractivity contribution in [3.63, 3.8) is 0 Å². The normalized spacial score (nSPS) is 10.4. The molecule has 0 aromatic carbocycles. The molecule has 90 valence electrons. The second kappa shape index (κ2) is 7.00. The van der Waals surface area contributed by atoms with Gasteiger partial charge in [0.1, 0.15) is 0 Å². The quantitative estimate of drug-likeness (QED) is 0.539. The van der Waals surface area contributed by atoms with Gasteiger partial charge in [-0.1, -0.05) is 0 Å². The van der Waals surface area contributed by atoms with E-state index in [9.17, 15) is 4.79 Å². The minimum absolute atomic E-state index is 0.125. The van der Waals surface area contributed by atoms with Gasteiger partial charge >= 0.3 is 5.97 Å². The number of carbonyl (C=O) groups excluding carboxylic acids is 1. The average Bonchev–Trinajstić information content (AvgIpc) is 2.64. The molecule has 0 unspecified atom stereocenters. The van der Waals surface area contributed by atoms with Crippen LogP contribution in [-0.4, -0.2) is 29.1 Å². The Morgan fingerprint density at radius 3 is 3.06 bits per heavy atom. The molecule has 1 rings (SSSR count). The Morgan fingerprint density at radius 2 is 2.44 bits per heavy atom. The number of nitrogens with one attached hydrogen (secondary N) is 2. The zero-order chi connectivity index (χ0) is 11.8. The van der Waals surface area contributed by atoms with Gasteiger partial charge in [-0.05, 0) is 26.8 Å². The van der Waals surface area contributed by atoms with Crippen LogP contribution in [0.3, 0.4) is 0 Å². The Balaban J connectivity index is 2.04. The Bertz CT molecular complexity index is 323. The van der Waals surface area contributed by atoms with Gasteiger partial charge in [0.2, 0.25) is 0 Å². The lowest BCUT2D eigenvalue weighted by atomic mass is 10.3. The molecule has 0 radical (unpaired) electrons. The molecular weight excluding hydrogens is 206 g/mol. The van der Waals surface area contributed by atoms with Crippen molar-refractivity contribution in [3.8, 4) is 0 Å². The van der Waals surface area contributed by atoms with Crippen LogP contribution in [0.4, 0.5) is 0 Å². The molecule has 1 heterocycles. The Kier molecular flexibility index (Phi) is 5.56. The van der Waals surface area contributed by atoms with Gasteiger partial charge in [0.15, 0.2) is 0 Å². The molecule has 1 aromatic heterocycles. The molecule has 16 heavy (non-hydrogen) atoms. The van der Waals surface area contributed by atoms with Crippen molar-refractivity contribution in [2.24, 2.45) is 0 Å². The first-order valence-electron chi connectivity index (χ1n) is 5.59. The molecule has 0 bridgehead atoms. The van der Waals surface area contributed by atoms with Crippen molar-refractivity contribution < 1.29 is 9.53 Å². The van der Waals surface area contributed by atoms with Crippen molar-refractivity contribution in [1.29, 1.82) is 0 Å². The lowest BCUT2D eigenvalue weighted by molar-refractivity contribution is -0.143. The first kappa shape index (κ1) is 12.7. The number of imidazole rings is 1. The second-order valence-electron chi connectivity index (χ2n) is 3.56. The molecule has 2 N–H and O–H groups in total. The van der Waals surface area contributed by atoms with Gasteiger partial charge in [0, 0.05) is 18.7 Å². The van der Waals surface area contributed by atoms with Gasteiger partial charge in [-0.25, -0.2) is 4.98 Å². The number of hydrogen-bond acceptors (Lipinski definition) is 4. The number of rotatable bonds is 7. The first-order valence-corrected chi connectivity index (χ1v) is 5.59. The predicted molar refractivity (Wildman–Crippen MR) is 60.9 cm³/mol. The van der Waals surface area contributed by atoms with Crippen molar-refractivity contribution >= 4 is 5.97 Å². The Hall–Kier alpha value is -1.36. The van der Waals surface area contributed by atoms with E-state index in [2.05, 4.69) is 15.3 Å². The summed E-state index contributed by atoms with van der Waals surface area (Å²) in [6.45, 7) is 5.79. The molecule has 0 aliphatic carbocycles. The third-order valence-electron chi connectivity index (χ3n) is 2.27. The number of nitrogens with zero attached hydrogens (tertiary/aromatic N) is 1. The largest absolute Gasteiger partial charge is 0.466 e. The van der Waals surface area contributed by atoms with Gasteiger partial charge in [0.25, 0.3) is 0 Å².